The Bertz CT molecular complexity index is 1010. The summed E-state index contributed by atoms with van der Waals surface area (Å²) < 4.78 is 26.6. The van der Waals surface area contributed by atoms with Crippen LogP contribution in [-0.4, -0.2) is 34.9 Å². The van der Waals surface area contributed by atoms with Crippen molar-refractivity contribution < 1.29 is 28.3 Å². The first-order chi connectivity index (χ1) is 15.2. The molecule has 168 valence electrons. The number of hydrogen-bond acceptors (Lipinski definition) is 4. The van der Waals surface area contributed by atoms with Crippen molar-refractivity contribution in [2.75, 3.05) is 0 Å². The van der Waals surface area contributed by atoms with E-state index in [2.05, 4.69) is 16.0 Å². The van der Waals surface area contributed by atoms with Crippen molar-refractivity contribution in [3.63, 3.8) is 0 Å². The van der Waals surface area contributed by atoms with Crippen molar-refractivity contribution in [1.29, 1.82) is 0 Å². The molecule has 3 rings (SSSR count). The maximum atomic E-state index is 13.3. The van der Waals surface area contributed by atoms with Crippen LogP contribution in [0, 0.1) is 11.6 Å². The molecule has 2 aromatic carbocycles. The third kappa shape index (κ3) is 5.76. The van der Waals surface area contributed by atoms with Gasteiger partial charge in [-0.15, -0.1) is 0 Å². The van der Waals surface area contributed by atoms with Gasteiger partial charge in [0.15, 0.2) is 6.10 Å². The lowest BCUT2D eigenvalue weighted by molar-refractivity contribution is -0.134. The Balaban J connectivity index is 1.58. The van der Waals surface area contributed by atoms with E-state index in [4.69, 9.17) is 0 Å². The van der Waals surface area contributed by atoms with E-state index < -0.39 is 47.5 Å². The molecule has 1 aliphatic rings. The Hall–Kier alpha value is -3.59. The van der Waals surface area contributed by atoms with Crippen molar-refractivity contribution in [2.24, 2.45) is 0 Å². The monoisotopic (exact) mass is 443 g/mol. The van der Waals surface area contributed by atoms with E-state index in [0.29, 0.717) is 12.5 Å². The van der Waals surface area contributed by atoms with Gasteiger partial charge in [0.25, 0.3) is 5.91 Å². The topological polar surface area (TPSA) is 108 Å². The molecule has 2 aromatic rings. The lowest BCUT2D eigenvalue weighted by Crippen LogP contribution is -2.52. The Morgan fingerprint density at radius 1 is 1.09 bits per heavy atom. The van der Waals surface area contributed by atoms with Gasteiger partial charge >= 0.3 is 0 Å². The van der Waals surface area contributed by atoms with E-state index in [1.165, 1.54) is 6.92 Å². The lowest BCUT2D eigenvalue weighted by Gasteiger charge is -2.21. The fraction of sp³-hybridized carbons (Fsp3) is 0.261. The van der Waals surface area contributed by atoms with Crippen LogP contribution < -0.4 is 16.0 Å². The molecule has 1 aliphatic heterocycles. The van der Waals surface area contributed by atoms with Crippen molar-refractivity contribution in [3.8, 4) is 0 Å². The summed E-state index contributed by atoms with van der Waals surface area (Å²) in [6, 6.07) is 9.35. The third-order valence-corrected chi connectivity index (χ3v) is 5.00. The number of hydrogen-bond donors (Lipinski definition) is 4. The van der Waals surface area contributed by atoms with Crippen LogP contribution in [0.3, 0.4) is 0 Å². The molecule has 0 saturated heterocycles. The van der Waals surface area contributed by atoms with Crippen LogP contribution in [0.1, 0.15) is 36.6 Å². The number of benzene rings is 2. The van der Waals surface area contributed by atoms with Gasteiger partial charge in [-0.2, -0.15) is 0 Å². The molecule has 3 amide bonds. The van der Waals surface area contributed by atoms with Crippen molar-refractivity contribution in [2.45, 2.75) is 37.6 Å². The molecule has 32 heavy (non-hydrogen) atoms. The summed E-state index contributed by atoms with van der Waals surface area (Å²) in [4.78, 5) is 37.3. The van der Waals surface area contributed by atoms with E-state index >= 15 is 0 Å². The molecule has 9 heteroatoms. The van der Waals surface area contributed by atoms with Gasteiger partial charge in [-0.1, -0.05) is 42.5 Å². The second-order valence-electron chi connectivity index (χ2n) is 7.46. The minimum atomic E-state index is -1.87. The zero-order valence-corrected chi connectivity index (χ0v) is 17.2. The first-order valence-electron chi connectivity index (χ1n) is 10.0. The quantitative estimate of drug-likeness (QED) is 0.511. The van der Waals surface area contributed by atoms with Gasteiger partial charge in [-0.05, 0) is 36.6 Å². The molecule has 7 nitrogen and oxygen atoms in total. The van der Waals surface area contributed by atoms with Crippen molar-refractivity contribution in [3.05, 3.63) is 83.4 Å². The van der Waals surface area contributed by atoms with Gasteiger partial charge in [0, 0.05) is 6.07 Å². The summed E-state index contributed by atoms with van der Waals surface area (Å²) in [6.45, 7) is 1.36. The molecule has 0 fully saturated rings. The molecular formula is C23H23F2N3O4. The maximum absolute atomic E-state index is 13.3. The maximum Gasteiger partial charge on any atom is 0.254 e. The van der Waals surface area contributed by atoms with Crippen LogP contribution in [0.5, 0.6) is 0 Å². The van der Waals surface area contributed by atoms with Gasteiger partial charge in [0.1, 0.15) is 23.7 Å². The molecule has 0 unspecified atom stereocenters. The van der Waals surface area contributed by atoms with Gasteiger partial charge in [-0.3, -0.25) is 14.4 Å². The van der Waals surface area contributed by atoms with Crippen LogP contribution in [0.25, 0.3) is 0 Å². The summed E-state index contributed by atoms with van der Waals surface area (Å²) in [5.74, 6) is -3.98. The minimum Gasteiger partial charge on any atom is -0.378 e. The van der Waals surface area contributed by atoms with Crippen LogP contribution >= 0.6 is 0 Å². The second kappa shape index (κ2) is 10.1. The zero-order chi connectivity index (χ0) is 23.3. The highest BCUT2D eigenvalue weighted by Gasteiger charge is 2.28. The predicted molar refractivity (Wildman–Crippen MR) is 112 cm³/mol. The highest BCUT2D eigenvalue weighted by molar-refractivity contribution is 5.93. The molecule has 0 spiro atoms. The van der Waals surface area contributed by atoms with Crippen LogP contribution in [0.2, 0.25) is 0 Å². The van der Waals surface area contributed by atoms with E-state index in [9.17, 15) is 28.3 Å². The van der Waals surface area contributed by atoms with Gasteiger partial charge in [0.05, 0.1) is 6.04 Å². The standard InChI is InChI=1S/C23H23F2N3O4/c1-13(26-23(32)20(29)15-10-16(24)12-17(25)11-15)21(30)28-19-9-5-8-18(27-22(19)31)14-6-3-2-4-7-14/h2-7,9-13,18-20,29H,8H2,1H3,(H,26,32)(H,27,31)(H,28,30)/t13-,18-,19-,20+/m0/s1. The summed E-state index contributed by atoms with van der Waals surface area (Å²) >= 11 is 0. The summed E-state index contributed by atoms with van der Waals surface area (Å²) in [5, 5.41) is 17.7. The fourth-order valence-electron chi connectivity index (χ4n) is 3.30. The number of nitrogens with one attached hydrogen (secondary N) is 3. The molecule has 0 radical (unpaired) electrons. The SMILES string of the molecule is C[C@H](NC(=O)[C@H](O)c1cc(F)cc(F)c1)C(=O)N[C@H]1C=CC[C@@H](c2ccccc2)NC1=O. The Labute approximate surface area is 183 Å². The number of halogens is 2. The third-order valence-electron chi connectivity index (χ3n) is 5.00. The van der Waals surface area contributed by atoms with Gasteiger partial charge in [0.2, 0.25) is 11.8 Å². The molecule has 4 N–H and O–H groups in total. The average Bonchev–Trinajstić information content (AvgIpc) is 2.94. The largest absolute Gasteiger partial charge is 0.378 e. The molecule has 0 aliphatic carbocycles. The minimum absolute atomic E-state index is 0.235. The summed E-state index contributed by atoms with van der Waals surface area (Å²) in [5.41, 5.74) is 0.645. The first-order valence-corrected chi connectivity index (χ1v) is 10.0. The number of aliphatic hydroxyl groups is 1. The molecule has 4 atom stereocenters. The van der Waals surface area contributed by atoms with Crippen molar-refractivity contribution in [1.82, 2.24) is 16.0 Å². The van der Waals surface area contributed by atoms with E-state index in [-0.39, 0.29) is 11.6 Å². The smallest absolute Gasteiger partial charge is 0.254 e. The van der Waals surface area contributed by atoms with Gasteiger partial charge < -0.3 is 21.1 Å². The van der Waals surface area contributed by atoms with Crippen molar-refractivity contribution >= 4 is 17.7 Å². The summed E-state index contributed by atoms with van der Waals surface area (Å²) in [6.07, 6.45) is 2.02. The second-order valence-corrected chi connectivity index (χ2v) is 7.46. The van der Waals surface area contributed by atoms with Gasteiger partial charge in [-0.25, -0.2) is 8.78 Å². The van der Waals surface area contributed by atoms with Crippen LogP contribution in [-0.2, 0) is 14.4 Å². The average molecular weight is 443 g/mol. The predicted octanol–water partition coefficient (Wildman–Crippen LogP) is 1.81. The highest BCUT2D eigenvalue weighted by Crippen LogP contribution is 2.20. The Kier molecular flexibility index (Phi) is 7.32. The number of aliphatic hydroxyl groups excluding tert-OH is 1. The van der Waals surface area contributed by atoms with E-state index in [0.717, 1.165) is 17.7 Å². The Morgan fingerprint density at radius 3 is 2.41 bits per heavy atom. The van der Waals surface area contributed by atoms with E-state index in [1.54, 1.807) is 12.2 Å². The normalized spacial score (nSPS) is 19.9. The number of amides is 3. The number of carbonyl (C=O) groups is 3. The molecule has 0 saturated carbocycles. The molecule has 0 bridgehead atoms. The lowest BCUT2D eigenvalue weighted by atomic mass is 10.0. The zero-order valence-electron chi connectivity index (χ0n) is 17.2. The highest BCUT2D eigenvalue weighted by atomic mass is 19.1. The fourth-order valence-corrected chi connectivity index (χ4v) is 3.30. The molecule has 1 heterocycles. The molecule has 0 aromatic heterocycles. The first kappa shape index (κ1) is 23.1. The number of rotatable bonds is 6. The Morgan fingerprint density at radius 2 is 1.75 bits per heavy atom. The van der Waals surface area contributed by atoms with Crippen LogP contribution in [0.4, 0.5) is 8.78 Å². The van der Waals surface area contributed by atoms with E-state index in [1.807, 2.05) is 30.3 Å². The van der Waals surface area contributed by atoms with Crippen LogP contribution in [0.15, 0.2) is 60.7 Å². The summed E-state index contributed by atoms with van der Waals surface area (Å²) in [7, 11) is 0. The molecular weight excluding hydrogens is 420 g/mol. The number of carbonyl (C=O) groups excluding carboxylic acids is 3.